The topological polar surface area (TPSA) is 81.5 Å². The van der Waals surface area contributed by atoms with E-state index in [1.54, 1.807) is 11.6 Å². The molecule has 1 saturated heterocycles. The summed E-state index contributed by atoms with van der Waals surface area (Å²) >= 11 is 6.42. The first kappa shape index (κ1) is 20.8. The summed E-state index contributed by atoms with van der Waals surface area (Å²) in [6.45, 7) is 4.24. The zero-order valence-electron chi connectivity index (χ0n) is 16.4. The molecule has 1 fully saturated rings. The fourth-order valence-electron chi connectivity index (χ4n) is 3.05. The highest BCUT2D eigenvalue weighted by Gasteiger charge is 2.26. The van der Waals surface area contributed by atoms with Crippen LogP contribution in [-0.2, 0) is 25.7 Å². The van der Waals surface area contributed by atoms with Crippen LogP contribution in [-0.4, -0.2) is 45.6 Å². The van der Waals surface area contributed by atoms with Crippen LogP contribution in [0.25, 0.3) is 6.08 Å². The predicted molar refractivity (Wildman–Crippen MR) is 108 cm³/mol. The molecule has 3 rings (SSSR count). The van der Waals surface area contributed by atoms with Crippen LogP contribution in [0.4, 0.5) is 0 Å². The molecule has 2 amide bonds. The van der Waals surface area contributed by atoms with Gasteiger partial charge in [-0.3, -0.25) is 14.5 Å². The maximum Gasteiger partial charge on any atom is 0.331 e. The van der Waals surface area contributed by atoms with E-state index in [2.05, 4.69) is 5.10 Å². The van der Waals surface area contributed by atoms with Gasteiger partial charge in [-0.2, -0.15) is 5.10 Å². The number of rotatable bonds is 6. The first-order valence-electron chi connectivity index (χ1n) is 9.31. The summed E-state index contributed by atoms with van der Waals surface area (Å²) in [7, 11) is 0. The van der Waals surface area contributed by atoms with E-state index in [0.717, 1.165) is 10.5 Å². The Bertz CT molecular complexity index is 963. The van der Waals surface area contributed by atoms with E-state index in [9.17, 15) is 14.4 Å². The number of imide groups is 1. The summed E-state index contributed by atoms with van der Waals surface area (Å²) in [5.74, 6) is -1.42. The summed E-state index contributed by atoms with van der Waals surface area (Å²) in [6.07, 6.45) is 3.71. The molecule has 1 aromatic carbocycles. The molecule has 1 aliphatic heterocycles. The number of ether oxygens (including phenoxy) is 1. The third kappa shape index (κ3) is 5.12. The second-order valence-corrected chi connectivity index (χ2v) is 7.27. The van der Waals surface area contributed by atoms with Gasteiger partial charge in [-0.1, -0.05) is 41.4 Å². The van der Waals surface area contributed by atoms with Crippen molar-refractivity contribution in [3.05, 3.63) is 57.9 Å². The number of amides is 2. The minimum atomic E-state index is -0.688. The Hall–Kier alpha value is -2.93. The van der Waals surface area contributed by atoms with Gasteiger partial charge in [0.05, 0.1) is 12.2 Å². The Labute approximate surface area is 173 Å². The lowest BCUT2D eigenvalue weighted by Gasteiger charge is -2.12. The molecular weight excluding hydrogens is 394 g/mol. The van der Waals surface area contributed by atoms with Crippen LogP contribution >= 0.6 is 11.6 Å². The van der Waals surface area contributed by atoms with Gasteiger partial charge in [0.25, 0.3) is 5.91 Å². The van der Waals surface area contributed by atoms with Crippen molar-refractivity contribution < 1.29 is 19.1 Å². The van der Waals surface area contributed by atoms with Crippen LogP contribution in [0.15, 0.2) is 30.3 Å². The van der Waals surface area contributed by atoms with Crippen molar-refractivity contribution in [1.29, 1.82) is 0 Å². The molecule has 1 aliphatic rings. The Morgan fingerprint density at radius 2 is 1.97 bits per heavy atom. The van der Waals surface area contributed by atoms with E-state index in [-0.39, 0.29) is 5.91 Å². The lowest BCUT2D eigenvalue weighted by atomic mass is 10.1. The van der Waals surface area contributed by atoms with Crippen LogP contribution < -0.4 is 0 Å². The van der Waals surface area contributed by atoms with Gasteiger partial charge >= 0.3 is 5.97 Å². The van der Waals surface area contributed by atoms with Crippen LogP contribution in [0.3, 0.4) is 0 Å². The zero-order chi connectivity index (χ0) is 21.0. The number of aryl methyl sites for hydroxylation is 2. The van der Waals surface area contributed by atoms with Gasteiger partial charge < -0.3 is 4.74 Å². The fraction of sp³-hybridized carbons (Fsp3) is 0.333. The number of carbonyl (C=O) groups excluding carboxylic acids is 3. The van der Waals surface area contributed by atoms with E-state index >= 15 is 0 Å². The molecule has 0 unspecified atom stereocenters. The van der Waals surface area contributed by atoms with Crippen molar-refractivity contribution in [2.75, 3.05) is 13.2 Å². The fourth-order valence-corrected chi connectivity index (χ4v) is 3.35. The number of nitrogens with zero attached hydrogens (tertiary/aromatic N) is 3. The molecule has 0 saturated carbocycles. The Kier molecular flexibility index (Phi) is 6.49. The van der Waals surface area contributed by atoms with Crippen molar-refractivity contribution in [3.8, 4) is 0 Å². The Morgan fingerprint density at radius 3 is 2.62 bits per heavy atom. The van der Waals surface area contributed by atoms with Crippen LogP contribution in [0.1, 0.15) is 35.2 Å². The second kappa shape index (κ2) is 9.05. The molecular formula is C21H22ClN3O4. The summed E-state index contributed by atoms with van der Waals surface area (Å²) in [5, 5.41) is 4.83. The van der Waals surface area contributed by atoms with Gasteiger partial charge in [0.1, 0.15) is 5.15 Å². The third-order valence-corrected chi connectivity index (χ3v) is 5.06. The molecule has 0 aliphatic carbocycles. The highest BCUT2D eigenvalue weighted by Crippen LogP contribution is 2.22. The molecule has 0 atom stereocenters. The third-order valence-electron chi connectivity index (χ3n) is 4.66. The molecule has 8 heteroatoms. The van der Waals surface area contributed by atoms with E-state index in [1.165, 1.54) is 17.7 Å². The predicted octanol–water partition coefficient (Wildman–Crippen LogP) is 2.91. The van der Waals surface area contributed by atoms with Crippen LogP contribution in [0.5, 0.6) is 0 Å². The van der Waals surface area contributed by atoms with E-state index in [4.69, 9.17) is 16.3 Å². The SMILES string of the molecule is Cc1ccc(Cn2nc(C)c(/C=C/C(=O)OCC(=O)N3CCCC3=O)c2Cl)cc1. The van der Waals surface area contributed by atoms with Gasteiger partial charge in [-0.25, -0.2) is 9.48 Å². The molecule has 2 heterocycles. The molecule has 0 N–H and O–H groups in total. The van der Waals surface area contributed by atoms with Crippen LogP contribution in [0.2, 0.25) is 5.15 Å². The molecule has 0 radical (unpaired) electrons. The number of benzene rings is 1. The smallest absolute Gasteiger partial charge is 0.331 e. The van der Waals surface area contributed by atoms with Crippen molar-refractivity contribution in [1.82, 2.24) is 14.7 Å². The molecule has 7 nitrogen and oxygen atoms in total. The summed E-state index contributed by atoms with van der Waals surface area (Å²) in [6, 6.07) is 8.07. The number of likely N-dealkylation sites (tertiary alicyclic amines) is 1. The van der Waals surface area contributed by atoms with E-state index in [1.807, 2.05) is 31.2 Å². The highest BCUT2D eigenvalue weighted by molar-refractivity contribution is 6.31. The normalized spacial score (nSPS) is 14.0. The second-order valence-electron chi connectivity index (χ2n) is 6.92. The average Bonchev–Trinajstić information content (AvgIpc) is 3.23. The van der Waals surface area contributed by atoms with Crippen molar-refractivity contribution in [3.63, 3.8) is 0 Å². The van der Waals surface area contributed by atoms with Crippen molar-refractivity contribution >= 4 is 35.5 Å². The Balaban J connectivity index is 1.60. The first-order valence-corrected chi connectivity index (χ1v) is 9.69. The minimum Gasteiger partial charge on any atom is -0.452 e. The number of aromatic nitrogens is 2. The van der Waals surface area contributed by atoms with E-state index < -0.39 is 18.5 Å². The lowest BCUT2D eigenvalue weighted by Crippen LogP contribution is -2.35. The quantitative estimate of drug-likeness (QED) is 0.535. The van der Waals surface area contributed by atoms with Gasteiger partial charge in [0.15, 0.2) is 6.61 Å². The summed E-state index contributed by atoms with van der Waals surface area (Å²) in [5.41, 5.74) is 3.51. The van der Waals surface area contributed by atoms with Gasteiger partial charge in [0, 0.05) is 24.6 Å². The van der Waals surface area contributed by atoms with Crippen LogP contribution in [0, 0.1) is 13.8 Å². The molecule has 0 spiro atoms. The van der Waals surface area contributed by atoms with Gasteiger partial charge in [-0.05, 0) is 31.9 Å². The summed E-state index contributed by atoms with van der Waals surface area (Å²) < 4.78 is 6.60. The molecule has 1 aromatic heterocycles. The molecule has 2 aromatic rings. The average molecular weight is 416 g/mol. The van der Waals surface area contributed by atoms with Gasteiger partial charge in [-0.15, -0.1) is 0 Å². The Morgan fingerprint density at radius 1 is 1.24 bits per heavy atom. The monoisotopic (exact) mass is 415 g/mol. The molecule has 0 bridgehead atoms. The van der Waals surface area contributed by atoms with Gasteiger partial charge in [0.2, 0.25) is 5.91 Å². The lowest BCUT2D eigenvalue weighted by molar-refractivity contribution is -0.151. The zero-order valence-corrected chi connectivity index (χ0v) is 17.1. The minimum absolute atomic E-state index is 0.231. The highest BCUT2D eigenvalue weighted by atomic mass is 35.5. The maximum absolute atomic E-state index is 11.9. The number of hydrogen-bond donors (Lipinski definition) is 0. The first-order chi connectivity index (χ1) is 13.8. The molecule has 152 valence electrons. The number of esters is 1. The number of halogens is 1. The van der Waals surface area contributed by atoms with E-state index in [0.29, 0.717) is 42.3 Å². The van der Waals surface area contributed by atoms with Crippen molar-refractivity contribution in [2.45, 2.75) is 33.2 Å². The maximum atomic E-state index is 11.9. The largest absolute Gasteiger partial charge is 0.452 e. The standard InChI is InChI=1S/C21H22ClN3O4/c1-14-5-7-16(8-6-14)12-25-21(22)17(15(2)23-25)9-10-20(28)29-13-19(27)24-11-3-4-18(24)26/h5-10H,3-4,11-13H2,1-2H3/b10-9+. The number of hydrogen-bond acceptors (Lipinski definition) is 5. The number of carbonyl (C=O) groups is 3. The summed E-state index contributed by atoms with van der Waals surface area (Å²) in [4.78, 5) is 36.5. The molecule has 29 heavy (non-hydrogen) atoms. The van der Waals surface area contributed by atoms with Crippen molar-refractivity contribution in [2.24, 2.45) is 0 Å².